The summed E-state index contributed by atoms with van der Waals surface area (Å²) in [6.07, 6.45) is 1.94. The molecule has 0 saturated carbocycles. The number of nitrogens with two attached hydrogens (primary N) is 1. The van der Waals surface area contributed by atoms with Gasteiger partial charge in [-0.3, -0.25) is 4.90 Å². The van der Waals surface area contributed by atoms with Gasteiger partial charge < -0.3 is 5.73 Å². The van der Waals surface area contributed by atoms with Crippen molar-refractivity contribution in [3.05, 3.63) is 40.9 Å². The van der Waals surface area contributed by atoms with E-state index in [2.05, 4.69) is 54.2 Å². The van der Waals surface area contributed by atoms with Crippen LogP contribution in [0.1, 0.15) is 26.3 Å². The van der Waals surface area contributed by atoms with E-state index in [1.807, 2.05) is 18.2 Å². The van der Waals surface area contributed by atoms with Crippen LogP contribution in [0.3, 0.4) is 0 Å². The van der Waals surface area contributed by atoms with E-state index in [9.17, 15) is 0 Å². The molecule has 0 bridgehead atoms. The Kier molecular flexibility index (Phi) is 4.78. The first-order chi connectivity index (χ1) is 7.84. The molecule has 0 aliphatic carbocycles. The van der Waals surface area contributed by atoms with Crippen LogP contribution in [0, 0.1) is 0 Å². The number of benzene rings is 1. The molecule has 0 amide bonds. The van der Waals surface area contributed by atoms with Crippen LogP contribution in [0.4, 0.5) is 5.69 Å². The minimum absolute atomic E-state index is 0.121. The molecule has 0 aromatic heterocycles. The van der Waals surface area contributed by atoms with Gasteiger partial charge in [-0.05, 0) is 54.4 Å². The van der Waals surface area contributed by atoms with Crippen LogP contribution in [0.2, 0.25) is 0 Å². The van der Waals surface area contributed by atoms with Crippen molar-refractivity contribution in [3.63, 3.8) is 0 Å². The van der Waals surface area contributed by atoms with Crippen molar-refractivity contribution in [2.75, 3.05) is 12.3 Å². The molecule has 0 atom stereocenters. The number of hydrogen-bond acceptors (Lipinski definition) is 2. The van der Waals surface area contributed by atoms with E-state index in [1.165, 1.54) is 5.56 Å². The Morgan fingerprint density at radius 2 is 2.06 bits per heavy atom. The Morgan fingerprint density at radius 1 is 1.41 bits per heavy atom. The third-order valence-corrected chi connectivity index (χ3v) is 3.45. The van der Waals surface area contributed by atoms with Gasteiger partial charge in [-0.1, -0.05) is 12.1 Å². The average molecular weight is 297 g/mol. The Bertz CT molecular complexity index is 394. The number of nitrogens with zero attached hydrogens (tertiary/aromatic N) is 1. The summed E-state index contributed by atoms with van der Waals surface area (Å²) in [5.41, 5.74) is 8.03. The van der Waals surface area contributed by atoms with Gasteiger partial charge in [-0.25, -0.2) is 0 Å². The molecule has 0 spiro atoms. The second-order valence-corrected chi connectivity index (χ2v) is 6.05. The summed E-state index contributed by atoms with van der Waals surface area (Å²) in [5, 5.41) is 0. The lowest BCUT2D eigenvalue weighted by Crippen LogP contribution is -2.40. The smallest absolute Gasteiger partial charge is 0.0461 e. The average Bonchev–Trinajstić information content (AvgIpc) is 2.21. The molecule has 0 unspecified atom stereocenters. The molecule has 0 radical (unpaired) electrons. The van der Waals surface area contributed by atoms with E-state index >= 15 is 0 Å². The van der Waals surface area contributed by atoms with E-state index in [4.69, 9.17) is 5.73 Å². The number of anilines is 1. The molecule has 2 N–H and O–H groups in total. The number of rotatable bonds is 4. The molecule has 0 saturated heterocycles. The molecule has 1 rings (SSSR count). The molecule has 0 fully saturated rings. The van der Waals surface area contributed by atoms with Crippen molar-refractivity contribution in [2.24, 2.45) is 0 Å². The first kappa shape index (κ1) is 14.3. The lowest BCUT2D eigenvalue weighted by atomic mass is 10.0. The minimum Gasteiger partial charge on any atom is -0.398 e. The van der Waals surface area contributed by atoms with Crippen LogP contribution in [0.15, 0.2) is 35.3 Å². The fourth-order valence-corrected chi connectivity index (χ4v) is 1.89. The summed E-state index contributed by atoms with van der Waals surface area (Å²) in [4.78, 5) is 2.36. The third kappa shape index (κ3) is 4.17. The van der Waals surface area contributed by atoms with Gasteiger partial charge in [0.25, 0.3) is 0 Å². The van der Waals surface area contributed by atoms with Crippen LogP contribution in [-0.4, -0.2) is 17.0 Å². The molecule has 17 heavy (non-hydrogen) atoms. The molecule has 1 aromatic rings. The van der Waals surface area contributed by atoms with Gasteiger partial charge >= 0.3 is 0 Å². The first-order valence-electron chi connectivity index (χ1n) is 5.74. The Hall–Kier alpha value is -0.800. The van der Waals surface area contributed by atoms with E-state index in [0.717, 1.165) is 23.2 Å². The zero-order chi connectivity index (χ0) is 13.1. The molecular formula is C14H21BrN2. The molecule has 0 aliphatic rings. The van der Waals surface area contributed by atoms with Crippen molar-refractivity contribution in [1.29, 1.82) is 0 Å². The first-order valence-corrected chi connectivity index (χ1v) is 6.53. The van der Waals surface area contributed by atoms with Gasteiger partial charge in [0, 0.05) is 28.8 Å². The second kappa shape index (κ2) is 5.69. The van der Waals surface area contributed by atoms with Crippen molar-refractivity contribution < 1.29 is 0 Å². The maximum atomic E-state index is 5.89. The van der Waals surface area contributed by atoms with Crippen LogP contribution >= 0.6 is 15.9 Å². The minimum atomic E-state index is 0.121. The van der Waals surface area contributed by atoms with Gasteiger partial charge in [0.15, 0.2) is 0 Å². The molecule has 0 heterocycles. The predicted octanol–water partition coefficient (Wildman–Crippen LogP) is 3.82. The predicted molar refractivity (Wildman–Crippen MR) is 78.9 cm³/mol. The number of hydrogen-bond donors (Lipinski definition) is 1. The van der Waals surface area contributed by atoms with Crippen molar-refractivity contribution in [3.8, 4) is 0 Å². The van der Waals surface area contributed by atoms with Gasteiger partial charge in [0.2, 0.25) is 0 Å². The highest BCUT2D eigenvalue weighted by Crippen LogP contribution is 2.23. The summed E-state index contributed by atoms with van der Waals surface area (Å²) < 4.78 is 0.951. The fourth-order valence-electron chi connectivity index (χ4n) is 1.64. The van der Waals surface area contributed by atoms with Crippen molar-refractivity contribution in [1.82, 2.24) is 4.90 Å². The Morgan fingerprint density at radius 3 is 2.53 bits per heavy atom. The molecule has 3 heteroatoms. The van der Waals surface area contributed by atoms with Crippen LogP contribution in [0.25, 0.3) is 0 Å². The van der Waals surface area contributed by atoms with Crippen LogP contribution < -0.4 is 5.73 Å². The monoisotopic (exact) mass is 296 g/mol. The normalized spacial score (nSPS) is 11.8. The second-order valence-electron chi connectivity index (χ2n) is 5.20. The standard InChI is InChI=1S/C14H21BrN2/c1-5-8-17(14(2,3)4)10-11-6-7-12(15)13(16)9-11/h5-7,9H,1,8,10,16H2,2-4H3. The molecular weight excluding hydrogens is 276 g/mol. The van der Waals surface area contributed by atoms with Crippen molar-refractivity contribution in [2.45, 2.75) is 32.9 Å². The molecule has 0 aliphatic heterocycles. The SMILES string of the molecule is C=CCN(Cc1ccc(Br)c(N)c1)C(C)(C)C. The molecule has 94 valence electrons. The van der Waals surface area contributed by atoms with Gasteiger partial charge in [0.05, 0.1) is 0 Å². The van der Waals surface area contributed by atoms with Gasteiger partial charge in [-0.2, -0.15) is 0 Å². The molecule has 1 aromatic carbocycles. The molecule has 2 nitrogen and oxygen atoms in total. The summed E-state index contributed by atoms with van der Waals surface area (Å²) in [7, 11) is 0. The summed E-state index contributed by atoms with van der Waals surface area (Å²) in [6.45, 7) is 12.2. The van der Waals surface area contributed by atoms with E-state index in [0.29, 0.717) is 0 Å². The topological polar surface area (TPSA) is 29.3 Å². The Balaban J connectivity index is 2.86. The van der Waals surface area contributed by atoms with Crippen LogP contribution in [0.5, 0.6) is 0 Å². The van der Waals surface area contributed by atoms with E-state index < -0.39 is 0 Å². The van der Waals surface area contributed by atoms with E-state index in [1.54, 1.807) is 0 Å². The highest BCUT2D eigenvalue weighted by atomic mass is 79.9. The maximum absolute atomic E-state index is 5.89. The zero-order valence-electron chi connectivity index (χ0n) is 10.8. The highest BCUT2D eigenvalue weighted by molar-refractivity contribution is 9.10. The lowest BCUT2D eigenvalue weighted by molar-refractivity contribution is 0.145. The summed E-state index contributed by atoms with van der Waals surface area (Å²) >= 11 is 3.41. The number of halogens is 1. The van der Waals surface area contributed by atoms with Gasteiger partial charge in [0.1, 0.15) is 0 Å². The highest BCUT2D eigenvalue weighted by Gasteiger charge is 2.20. The van der Waals surface area contributed by atoms with Gasteiger partial charge in [-0.15, -0.1) is 6.58 Å². The summed E-state index contributed by atoms with van der Waals surface area (Å²) in [6, 6.07) is 6.12. The van der Waals surface area contributed by atoms with Crippen LogP contribution in [-0.2, 0) is 6.54 Å². The Labute approximate surface area is 113 Å². The fraction of sp³-hybridized carbons (Fsp3) is 0.429. The van der Waals surface area contributed by atoms with E-state index in [-0.39, 0.29) is 5.54 Å². The largest absolute Gasteiger partial charge is 0.398 e. The zero-order valence-corrected chi connectivity index (χ0v) is 12.4. The lowest BCUT2D eigenvalue weighted by Gasteiger charge is -2.35. The number of nitrogen functional groups attached to an aromatic ring is 1. The quantitative estimate of drug-likeness (QED) is 0.676. The van der Waals surface area contributed by atoms with Crippen molar-refractivity contribution >= 4 is 21.6 Å². The summed E-state index contributed by atoms with van der Waals surface area (Å²) in [5.74, 6) is 0. The third-order valence-electron chi connectivity index (χ3n) is 2.73. The maximum Gasteiger partial charge on any atom is 0.0461 e.